The van der Waals surface area contributed by atoms with Gasteiger partial charge in [0, 0.05) is 17.0 Å². The fraction of sp³-hybridized carbons (Fsp3) is 0. The first kappa shape index (κ1) is 8.91. The number of aromatic amines is 1. The van der Waals surface area contributed by atoms with E-state index in [0.717, 1.165) is 10.9 Å². The molecule has 0 saturated heterocycles. The molecule has 0 bridgehead atoms. The maximum atomic E-state index is 11.7. The molecule has 0 aliphatic rings. The molecule has 0 fully saturated rings. The first-order valence-electron chi connectivity index (χ1n) is 4.79. The van der Waals surface area contributed by atoms with Gasteiger partial charge in [-0.2, -0.15) is 0 Å². The van der Waals surface area contributed by atoms with Gasteiger partial charge in [-0.05, 0) is 12.1 Å². The molecule has 0 aliphatic heterocycles. The topological polar surface area (TPSA) is 63.1 Å². The Morgan fingerprint density at radius 1 is 1.25 bits per heavy atom. The van der Waals surface area contributed by atoms with Crippen molar-refractivity contribution in [3.8, 4) is 0 Å². The number of H-pyrrole nitrogens is 1. The lowest BCUT2D eigenvalue weighted by atomic mass is 10.2. The fourth-order valence-corrected chi connectivity index (χ4v) is 1.80. The number of benzene rings is 1. The summed E-state index contributed by atoms with van der Waals surface area (Å²) in [4.78, 5) is 25.3. The average Bonchev–Trinajstić information content (AvgIpc) is 2.68. The van der Waals surface area contributed by atoms with E-state index < -0.39 is 0 Å². The fourth-order valence-electron chi connectivity index (χ4n) is 1.80. The largest absolute Gasteiger partial charge is 0.451 e. The molecule has 3 rings (SSSR count). The Kier molecular flexibility index (Phi) is 1.71. The van der Waals surface area contributed by atoms with Gasteiger partial charge in [0.2, 0.25) is 5.43 Å². The van der Waals surface area contributed by atoms with E-state index in [1.165, 1.54) is 6.07 Å². The van der Waals surface area contributed by atoms with Crippen LogP contribution in [-0.4, -0.2) is 11.3 Å². The molecule has 2 heterocycles. The van der Waals surface area contributed by atoms with Crippen LogP contribution in [0.25, 0.3) is 22.0 Å². The number of carbonyl (C=O) groups is 1. The Hall–Kier alpha value is -2.36. The van der Waals surface area contributed by atoms with E-state index in [2.05, 4.69) is 4.98 Å². The Morgan fingerprint density at radius 2 is 2.06 bits per heavy atom. The van der Waals surface area contributed by atoms with Crippen LogP contribution in [0.15, 0.2) is 39.5 Å². The maximum absolute atomic E-state index is 11.7. The molecule has 16 heavy (non-hydrogen) atoms. The summed E-state index contributed by atoms with van der Waals surface area (Å²) in [5.41, 5.74) is 1.41. The molecule has 0 spiro atoms. The van der Waals surface area contributed by atoms with Crippen LogP contribution in [0.3, 0.4) is 0 Å². The van der Waals surface area contributed by atoms with Crippen LogP contribution in [0.4, 0.5) is 0 Å². The van der Waals surface area contributed by atoms with Crippen LogP contribution in [0.2, 0.25) is 0 Å². The highest BCUT2D eigenvalue weighted by Gasteiger charge is 2.10. The van der Waals surface area contributed by atoms with E-state index in [9.17, 15) is 9.59 Å². The minimum absolute atomic E-state index is 0.0438. The number of fused-ring (bicyclic) bond motifs is 3. The summed E-state index contributed by atoms with van der Waals surface area (Å²) in [6.07, 6.45) is 0.530. The molecule has 0 atom stereocenters. The predicted molar refractivity (Wildman–Crippen MR) is 59.7 cm³/mol. The molecular formula is C12H7NO3. The number of para-hydroxylation sites is 1. The zero-order valence-corrected chi connectivity index (χ0v) is 8.19. The predicted octanol–water partition coefficient (Wildman–Crippen LogP) is 2.09. The van der Waals surface area contributed by atoms with Crippen molar-refractivity contribution in [3.63, 3.8) is 0 Å². The van der Waals surface area contributed by atoms with Crippen LogP contribution >= 0.6 is 0 Å². The molecular weight excluding hydrogens is 206 g/mol. The van der Waals surface area contributed by atoms with Gasteiger partial charge >= 0.3 is 0 Å². The molecule has 1 aromatic carbocycles. The monoisotopic (exact) mass is 213 g/mol. The summed E-state index contributed by atoms with van der Waals surface area (Å²) in [7, 11) is 0. The van der Waals surface area contributed by atoms with Crippen LogP contribution in [0.1, 0.15) is 10.6 Å². The molecule has 2 aromatic heterocycles. The first-order valence-corrected chi connectivity index (χ1v) is 4.79. The number of hydrogen-bond acceptors (Lipinski definition) is 3. The van der Waals surface area contributed by atoms with Crippen LogP contribution < -0.4 is 5.43 Å². The zero-order chi connectivity index (χ0) is 11.1. The van der Waals surface area contributed by atoms with Gasteiger partial charge in [0.25, 0.3) is 0 Å². The lowest BCUT2D eigenvalue weighted by molar-refractivity contribution is 0.110. The number of aldehydes is 1. The van der Waals surface area contributed by atoms with E-state index in [1.807, 2.05) is 24.3 Å². The molecule has 0 unspecified atom stereocenters. The van der Waals surface area contributed by atoms with Crippen molar-refractivity contribution in [3.05, 3.63) is 46.3 Å². The second-order valence-corrected chi connectivity index (χ2v) is 3.51. The van der Waals surface area contributed by atoms with E-state index in [-0.39, 0.29) is 11.2 Å². The highest BCUT2D eigenvalue weighted by molar-refractivity contribution is 6.03. The first-order chi connectivity index (χ1) is 7.79. The normalized spacial score (nSPS) is 11.0. The molecule has 3 aromatic rings. The standard InChI is InChI=1S/C12H7NO3/c14-6-7-5-10(15)11-12(16-7)8-3-1-2-4-9(8)13-11/h1-6,13H. The average molecular weight is 213 g/mol. The number of rotatable bonds is 1. The third kappa shape index (κ3) is 1.10. The molecule has 4 heteroatoms. The highest BCUT2D eigenvalue weighted by atomic mass is 16.3. The zero-order valence-electron chi connectivity index (χ0n) is 8.19. The molecule has 78 valence electrons. The van der Waals surface area contributed by atoms with Gasteiger partial charge in [0.05, 0.1) is 0 Å². The summed E-state index contributed by atoms with van der Waals surface area (Å²) in [5.74, 6) is 0.0438. The van der Waals surface area contributed by atoms with Crippen molar-refractivity contribution < 1.29 is 9.21 Å². The summed E-state index contributed by atoms with van der Waals surface area (Å²) in [6, 6.07) is 8.59. The second-order valence-electron chi connectivity index (χ2n) is 3.51. The Bertz CT molecular complexity index is 752. The Labute approximate surface area is 89.5 Å². The van der Waals surface area contributed by atoms with Gasteiger partial charge in [0.1, 0.15) is 5.52 Å². The molecule has 0 radical (unpaired) electrons. The van der Waals surface area contributed by atoms with Gasteiger partial charge in [-0.3, -0.25) is 9.59 Å². The van der Waals surface area contributed by atoms with Crippen molar-refractivity contribution in [2.24, 2.45) is 0 Å². The van der Waals surface area contributed by atoms with Crippen molar-refractivity contribution in [1.82, 2.24) is 4.98 Å². The van der Waals surface area contributed by atoms with E-state index >= 15 is 0 Å². The maximum Gasteiger partial charge on any atom is 0.209 e. The third-order valence-electron chi connectivity index (χ3n) is 2.51. The van der Waals surface area contributed by atoms with Crippen molar-refractivity contribution in [2.75, 3.05) is 0 Å². The van der Waals surface area contributed by atoms with Crippen molar-refractivity contribution in [1.29, 1.82) is 0 Å². The van der Waals surface area contributed by atoms with Gasteiger partial charge < -0.3 is 9.40 Å². The smallest absolute Gasteiger partial charge is 0.209 e. The van der Waals surface area contributed by atoms with Crippen molar-refractivity contribution >= 4 is 28.3 Å². The second kappa shape index (κ2) is 3.06. The van der Waals surface area contributed by atoms with Crippen LogP contribution in [0, 0.1) is 0 Å². The Balaban J connectivity index is 2.61. The van der Waals surface area contributed by atoms with E-state index in [4.69, 9.17) is 4.42 Å². The third-order valence-corrected chi connectivity index (χ3v) is 2.51. The number of aromatic nitrogens is 1. The van der Waals surface area contributed by atoms with E-state index in [1.54, 1.807) is 0 Å². The summed E-state index contributed by atoms with van der Waals surface area (Å²) in [6.45, 7) is 0. The van der Waals surface area contributed by atoms with E-state index in [0.29, 0.717) is 17.4 Å². The van der Waals surface area contributed by atoms with Gasteiger partial charge in [-0.15, -0.1) is 0 Å². The number of nitrogens with one attached hydrogen (secondary N) is 1. The van der Waals surface area contributed by atoms with Crippen LogP contribution in [-0.2, 0) is 0 Å². The SMILES string of the molecule is O=Cc1cc(=O)c2[nH]c3ccccc3c2o1. The summed E-state index contributed by atoms with van der Waals surface area (Å²) in [5, 5.41) is 0.804. The lowest BCUT2D eigenvalue weighted by Crippen LogP contribution is -2.00. The van der Waals surface area contributed by atoms with Crippen LogP contribution in [0.5, 0.6) is 0 Å². The highest BCUT2D eigenvalue weighted by Crippen LogP contribution is 2.23. The van der Waals surface area contributed by atoms with Gasteiger partial charge in [-0.25, -0.2) is 0 Å². The molecule has 0 aliphatic carbocycles. The molecule has 1 N–H and O–H groups in total. The molecule has 0 amide bonds. The number of hydrogen-bond donors (Lipinski definition) is 1. The lowest BCUT2D eigenvalue weighted by Gasteiger charge is -1.91. The minimum atomic E-state index is -0.237. The van der Waals surface area contributed by atoms with Gasteiger partial charge in [-0.1, -0.05) is 12.1 Å². The van der Waals surface area contributed by atoms with Gasteiger partial charge in [0.15, 0.2) is 17.6 Å². The quantitative estimate of drug-likeness (QED) is 0.629. The minimum Gasteiger partial charge on any atom is -0.451 e. The summed E-state index contributed by atoms with van der Waals surface area (Å²) >= 11 is 0. The summed E-state index contributed by atoms with van der Waals surface area (Å²) < 4.78 is 5.35. The number of carbonyl (C=O) groups excluding carboxylic acids is 1. The van der Waals surface area contributed by atoms with Crippen molar-refractivity contribution in [2.45, 2.75) is 0 Å². The molecule has 4 nitrogen and oxygen atoms in total. The molecule has 0 saturated carbocycles. The Morgan fingerprint density at radius 3 is 2.88 bits per heavy atom.